The minimum absolute atomic E-state index is 0.146. The summed E-state index contributed by atoms with van der Waals surface area (Å²) in [5.74, 6) is 0.706. The fourth-order valence-electron chi connectivity index (χ4n) is 3.72. The molecule has 0 radical (unpaired) electrons. The van der Waals surface area contributed by atoms with Gasteiger partial charge in [0.2, 0.25) is 0 Å². The zero-order chi connectivity index (χ0) is 21.8. The number of carbonyl (C=O) groups excluding carboxylic acids is 1. The molecule has 0 fully saturated rings. The highest BCUT2D eigenvalue weighted by Gasteiger charge is 2.37. The number of ether oxygens (including phenoxy) is 1. The molecule has 0 heterocycles. The van der Waals surface area contributed by atoms with E-state index in [4.69, 9.17) is 4.74 Å². The molecule has 1 atom stereocenters. The monoisotopic (exact) mass is 390 g/mol. The van der Waals surface area contributed by atoms with Gasteiger partial charge >= 0.3 is 5.97 Å². The summed E-state index contributed by atoms with van der Waals surface area (Å²) in [6.45, 7) is 22.4. The van der Waals surface area contributed by atoms with Crippen molar-refractivity contribution in [3.63, 3.8) is 0 Å². The van der Waals surface area contributed by atoms with E-state index in [0.717, 1.165) is 18.4 Å². The van der Waals surface area contributed by atoms with Crippen LogP contribution in [0, 0.1) is 22.7 Å². The molecule has 2 heteroatoms. The van der Waals surface area contributed by atoms with Crippen LogP contribution >= 0.6 is 0 Å². The predicted octanol–water partition coefficient (Wildman–Crippen LogP) is 7.88. The van der Waals surface area contributed by atoms with E-state index in [1.54, 1.807) is 0 Å². The highest BCUT2D eigenvalue weighted by Crippen LogP contribution is 2.47. The largest absolute Gasteiger partial charge is 0.456 e. The van der Waals surface area contributed by atoms with E-state index < -0.39 is 5.60 Å². The minimum atomic E-state index is -0.432. The Labute approximate surface area is 175 Å². The first-order valence-electron chi connectivity index (χ1n) is 11.4. The average Bonchev–Trinajstić information content (AvgIpc) is 2.65. The van der Waals surface area contributed by atoms with Gasteiger partial charge in [-0.15, -0.1) is 0 Å². The highest BCUT2D eigenvalue weighted by atomic mass is 16.6. The Kier molecular flexibility index (Phi) is 8.60. The van der Waals surface area contributed by atoms with Gasteiger partial charge in [0.15, 0.2) is 0 Å². The van der Waals surface area contributed by atoms with Crippen LogP contribution in [-0.2, 0) is 9.53 Å². The second-order valence-corrected chi connectivity index (χ2v) is 10.7. The molecule has 1 aliphatic rings. The van der Waals surface area contributed by atoms with E-state index in [-0.39, 0.29) is 11.4 Å². The molecule has 1 rings (SSSR count). The van der Waals surface area contributed by atoms with Crippen molar-refractivity contribution >= 4 is 5.97 Å². The van der Waals surface area contributed by atoms with Crippen molar-refractivity contribution in [2.75, 3.05) is 0 Å². The van der Waals surface area contributed by atoms with Crippen molar-refractivity contribution < 1.29 is 9.53 Å². The van der Waals surface area contributed by atoms with Crippen LogP contribution in [0.15, 0.2) is 23.3 Å². The van der Waals surface area contributed by atoms with Gasteiger partial charge in [0.05, 0.1) is 0 Å². The molecule has 0 amide bonds. The molecule has 0 saturated carbocycles. The Bertz CT molecular complexity index is 586. The minimum Gasteiger partial charge on any atom is -0.456 e. The second-order valence-electron chi connectivity index (χ2n) is 10.7. The highest BCUT2D eigenvalue weighted by molar-refractivity contribution is 5.89. The van der Waals surface area contributed by atoms with Crippen LogP contribution in [0.4, 0.5) is 0 Å². The first kappa shape index (κ1) is 25.0. The summed E-state index contributed by atoms with van der Waals surface area (Å²) >= 11 is 0. The average molecular weight is 391 g/mol. The standard InChI is InChI=1S/C26H46O2/c1-11-24(6,7)22(18-26(10,12-2)13-3)20-14-16-21(17-15-20)23(27)28-25(8,9)19(4)5/h14,16,19,22H,11-13,15,17-18H2,1-10H3. The van der Waals surface area contributed by atoms with Crippen molar-refractivity contribution in [1.82, 2.24) is 0 Å². The summed E-state index contributed by atoms with van der Waals surface area (Å²) in [7, 11) is 0. The first-order chi connectivity index (χ1) is 12.8. The molecule has 162 valence electrons. The molecule has 0 spiro atoms. The number of carbonyl (C=O) groups is 1. The summed E-state index contributed by atoms with van der Waals surface area (Å²) in [6.07, 6.45) is 10.8. The summed E-state index contributed by atoms with van der Waals surface area (Å²) in [4.78, 5) is 12.6. The van der Waals surface area contributed by atoms with Crippen molar-refractivity contribution in [2.24, 2.45) is 22.7 Å². The zero-order valence-corrected chi connectivity index (χ0v) is 20.4. The van der Waals surface area contributed by atoms with Crippen LogP contribution in [0.1, 0.15) is 108 Å². The van der Waals surface area contributed by atoms with Crippen LogP contribution < -0.4 is 0 Å². The van der Waals surface area contributed by atoms with Gasteiger partial charge in [-0.1, -0.05) is 92.4 Å². The second kappa shape index (κ2) is 9.63. The maximum Gasteiger partial charge on any atom is 0.334 e. The quantitative estimate of drug-likeness (QED) is 0.355. The lowest BCUT2D eigenvalue weighted by Crippen LogP contribution is -2.34. The molecule has 0 aromatic heterocycles. The molecule has 2 nitrogen and oxygen atoms in total. The number of rotatable bonds is 10. The van der Waals surface area contributed by atoms with Crippen molar-refractivity contribution in [3.05, 3.63) is 23.3 Å². The van der Waals surface area contributed by atoms with Gasteiger partial charge in [0, 0.05) is 5.57 Å². The molecule has 0 aromatic rings. The van der Waals surface area contributed by atoms with Gasteiger partial charge in [-0.05, 0) is 55.8 Å². The van der Waals surface area contributed by atoms with E-state index >= 15 is 0 Å². The molecular formula is C26H46O2. The van der Waals surface area contributed by atoms with E-state index in [1.165, 1.54) is 31.3 Å². The fourth-order valence-corrected chi connectivity index (χ4v) is 3.72. The summed E-state index contributed by atoms with van der Waals surface area (Å²) in [5, 5.41) is 0. The summed E-state index contributed by atoms with van der Waals surface area (Å²) in [6, 6.07) is 0. The Morgan fingerprint density at radius 1 is 0.964 bits per heavy atom. The SMILES string of the molecule is CCC(C)(CC)CC(C1=CC=C(C(=O)OC(C)(C)C(C)C)CC1)C(C)(C)CC. The first-order valence-corrected chi connectivity index (χ1v) is 11.4. The maximum atomic E-state index is 12.6. The lowest BCUT2D eigenvalue weighted by atomic mass is 9.63. The van der Waals surface area contributed by atoms with Gasteiger partial charge in [-0.3, -0.25) is 0 Å². The number of hydrogen-bond donors (Lipinski definition) is 0. The Balaban J connectivity index is 3.08. The van der Waals surface area contributed by atoms with Crippen molar-refractivity contribution in [3.8, 4) is 0 Å². The van der Waals surface area contributed by atoms with E-state index in [9.17, 15) is 4.79 Å². The lowest BCUT2D eigenvalue weighted by molar-refractivity contribution is -0.155. The Morgan fingerprint density at radius 2 is 1.54 bits per heavy atom. The van der Waals surface area contributed by atoms with Gasteiger partial charge < -0.3 is 4.74 Å². The normalized spacial score (nSPS) is 17.2. The van der Waals surface area contributed by atoms with E-state index in [0.29, 0.717) is 17.3 Å². The van der Waals surface area contributed by atoms with Gasteiger partial charge in [-0.25, -0.2) is 4.79 Å². The molecule has 0 aliphatic heterocycles. The van der Waals surface area contributed by atoms with Gasteiger partial charge in [-0.2, -0.15) is 0 Å². The number of esters is 1. The van der Waals surface area contributed by atoms with Gasteiger partial charge in [0.25, 0.3) is 0 Å². The molecule has 1 aliphatic carbocycles. The third kappa shape index (κ3) is 6.22. The van der Waals surface area contributed by atoms with Crippen molar-refractivity contribution in [2.45, 2.75) is 113 Å². The lowest BCUT2D eigenvalue weighted by Gasteiger charge is -2.42. The molecule has 1 unspecified atom stereocenters. The van der Waals surface area contributed by atoms with Crippen LogP contribution in [0.25, 0.3) is 0 Å². The molecule has 0 N–H and O–H groups in total. The van der Waals surface area contributed by atoms with E-state index in [1.807, 2.05) is 19.9 Å². The van der Waals surface area contributed by atoms with Gasteiger partial charge in [0.1, 0.15) is 5.60 Å². The molecule has 0 aromatic carbocycles. The molecule has 28 heavy (non-hydrogen) atoms. The van der Waals surface area contributed by atoms with Crippen molar-refractivity contribution in [1.29, 1.82) is 0 Å². The predicted molar refractivity (Wildman–Crippen MR) is 121 cm³/mol. The third-order valence-electron chi connectivity index (χ3n) is 7.90. The number of hydrogen-bond acceptors (Lipinski definition) is 2. The Hall–Kier alpha value is -1.05. The molecule has 0 saturated heterocycles. The Morgan fingerprint density at radius 3 is 1.93 bits per heavy atom. The molecular weight excluding hydrogens is 344 g/mol. The van der Waals surface area contributed by atoms with Crippen LogP contribution in [-0.4, -0.2) is 11.6 Å². The summed E-state index contributed by atoms with van der Waals surface area (Å²) < 4.78 is 5.80. The molecule has 0 bridgehead atoms. The van der Waals surface area contributed by atoms with E-state index in [2.05, 4.69) is 61.5 Å². The topological polar surface area (TPSA) is 26.3 Å². The van der Waals surface area contributed by atoms with Crippen LogP contribution in [0.2, 0.25) is 0 Å². The summed E-state index contributed by atoms with van der Waals surface area (Å²) in [5.41, 5.74) is 2.54. The maximum absolute atomic E-state index is 12.6. The fraction of sp³-hybridized carbons (Fsp3) is 0.808. The van der Waals surface area contributed by atoms with Crippen LogP contribution in [0.3, 0.4) is 0 Å². The van der Waals surface area contributed by atoms with Crippen LogP contribution in [0.5, 0.6) is 0 Å². The number of allylic oxidation sites excluding steroid dienone is 3. The zero-order valence-electron chi connectivity index (χ0n) is 20.4. The smallest absolute Gasteiger partial charge is 0.334 e. The third-order valence-corrected chi connectivity index (χ3v) is 7.90.